The van der Waals surface area contributed by atoms with Crippen LogP contribution in [-0.2, 0) is 4.79 Å². The van der Waals surface area contributed by atoms with Crippen LogP contribution >= 0.6 is 23.2 Å². The van der Waals surface area contributed by atoms with Crippen LogP contribution in [-0.4, -0.2) is 29.1 Å². The maximum Gasteiger partial charge on any atom is 0.336 e. The molecule has 0 radical (unpaired) electrons. The third-order valence-electron chi connectivity index (χ3n) is 5.21. The minimum absolute atomic E-state index is 0.0779. The van der Waals surface area contributed by atoms with Crippen molar-refractivity contribution in [3.63, 3.8) is 0 Å². The maximum absolute atomic E-state index is 13.6. The molecule has 0 amide bonds. The lowest BCUT2D eigenvalue weighted by molar-refractivity contribution is -0.130. The highest BCUT2D eigenvalue weighted by atomic mass is 35.5. The molecule has 152 valence electrons. The second-order valence-corrected chi connectivity index (χ2v) is 8.08. The fourth-order valence-corrected chi connectivity index (χ4v) is 4.06. The smallest absolute Gasteiger partial charge is 0.336 e. The number of rotatable bonds is 5. The van der Waals surface area contributed by atoms with Crippen LogP contribution in [0, 0.1) is 5.82 Å². The molecule has 0 spiro atoms. The summed E-state index contributed by atoms with van der Waals surface area (Å²) in [4.78, 5) is 14.1. The molecule has 0 unspecified atom stereocenters. The van der Waals surface area contributed by atoms with Crippen LogP contribution in [0.15, 0.2) is 78.4 Å². The lowest BCUT2D eigenvalue weighted by Gasteiger charge is -2.42. The molecule has 3 nitrogen and oxygen atoms in total. The number of nitrogens with zero attached hydrogens (tertiary/aromatic N) is 1. The third-order valence-corrected chi connectivity index (χ3v) is 5.71. The van der Waals surface area contributed by atoms with Gasteiger partial charge in [-0.25, -0.2) is 9.18 Å². The van der Waals surface area contributed by atoms with Crippen molar-refractivity contribution in [2.24, 2.45) is 0 Å². The average molecular weight is 442 g/mol. The number of benzene rings is 3. The average Bonchev–Trinajstić information content (AvgIpc) is 2.68. The van der Waals surface area contributed by atoms with E-state index in [0.717, 1.165) is 16.7 Å². The quantitative estimate of drug-likeness (QED) is 0.488. The zero-order valence-corrected chi connectivity index (χ0v) is 17.4. The van der Waals surface area contributed by atoms with Crippen molar-refractivity contribution in [3.05, 3.63) is 111 Å². The SMILES string of the molecule is O=C(O)C(=C1CN(C(c2ccc(Cl)cc2)c2ccc(Cl)cc2)C1)c1cccc(F)c1. The summed E-state index contributed by atoms with van der Waals surface area (Å²) < 4.78 is 13.6. The van der Waals surface area contributed by atoms with Crippen molar-refractivity contribution in [1.82, 2.24) is 4.90 Å². The molecule has 1 saturated heterocycles. The lowest BCUT2D eigenvalue weighted by atomic mass is 9.89. The first-order chi connectivity index (χ1) is 14.4. The Bertz CT molecular complexity index is 1060. The minimum Gasteiger partial charge on any atom is -0.478 e. The predicted molar refractivity (Wildman–Crippen MR) is 117 cm³/mol. The van der Waals surface area contributed by atoms with Gasteiger partial charge in [0.05, 0.1) is 11.6 Å². The molecule has 30 heavy (non-hydrogen) atoms. The number of halogens is 3. The summed E-state index contributed by atoms with van der Waals surface area (Å²) in [5.41, 5.74) is 3.40. The second-order valence-electron chi connectivity index (χ2n) is 7.20. The van der Waals surface area contributed by atoms with Crippen LogP contribution in [0.5, 0.6) is 0 Å². The number of hydrogen-bond acceptors (Lipinski definition) is 2. The van der Waals surface area contributed by atoms with E-state index in [1.165, 1.54) is 18.2 Å². The Balaban J connectivity index is 1.68. The first-order valence-corrected chi connectivity index (χ1v) is 10.1. The molecular weight excluding hydrogens is 424 g/mol. The minimum atomic E-state index is -1.05. The topological polar surface area (TPSA) is 40.5 Å². The first-order valence-electron chi connectivity index (χ1n) is 9.38. The first kappa shape index (κ1) is 20.6. The lowest BCUT2D eigenvalue weighted by Crippen LogP contribution is -2.44. The molecule has 1 heterocycles. The van der Waals surface area contributed by atoms with Gasteiger partial charge in [0.25, 0.3) is 0 Å². The molecule has 0 aliphatic carbocycles. The number of carboxylic acids is 1. The summed E-state index contributed by atoms with van der Waals surface area (Å²) in [6, 6.07) is 20.9. The van der Waals surface area contributed by atoms with E-state index in [1.54, 1.807) is 6.07 Å². The van der Waals surface area contributed by atoms with Crippen LogP contribution in [0.3, 0.4) is 0 Å². The molecule has 0 atom stereocenters. The molecule has 3 aromatic carbocycles. The molecule has 3 aromatic rings. The molecule has 6 heteroatoms. The summed E-state index contributed by atoms with van der Waals surface area (Å²) in [5, 5.41) is 11.0. The van der Waals surface area contributed by atoms with Gasteiger partial charge in [-0.3, -0.25) is 4.90 Å². The van der Waals surface area contributed by atoms with Crippen LogP contribution < -0.4 is 0 Å². The van der Waals surface area contributed by atoms with Gasteiger partial charge < -0.3 is 5.11 Å². The van der Waals surface area contributed by atoms with Gasteiger partial charge in [0.2, 0.25) is 0 Å². The Kier molecular flexibility index (Phi) is 5.91. The monoisotopic (exact) mass is 441 g/mol. The van der Waals surface area contributed by atoms with Crippen molar-refractivity contribution in [1.29, 1.82) is 0 Å². The number of likely N-dealkylation sites (tertiary alicyclic amines) is 1. The van der Waals surface area contributed by atoms with E-state index in [4.69, 9.17) is 23.2 Å². The summed E-state index contributed by atoms with van der Waals surface area (Å²) >= 11 is 12.1. The van der Waals surface area contributed by atoms with Gasteiger partial charge in [0.1, 0.15) is 5.82 Å². The van der Waals surface area contributed by atoms with Crippen LogP contribution in [0.2, 0.25) is 10.0 Å². The van der Waals surface area contributed by atoms with E-state index in [1.807, 2.05) is 48.5 Å². The van der Waals surface area contributed by atoms with Gasteiger partial charge in [-0.1, -0.05) is 59.6 Å². The molecule has 1 aliphatic heterocycles. The highest BCUT2D eigenvalue weighted by molar-refractivity contribution is 6.30. The zero-order valence-electron chi connectivity index (χ0n) is 15.9. The standard InChI is InChI=1S/C24H18Cl2FNO2/c25-19-8-4-15(5-9-19)23(16-6-10-20(26)11-7-16)28-13-18(14-28)22(24(29)30)17-2-1-3-21(27)12-17/h1-12,23H,13-14H2,(H,29,30). The van der Waals surface area contributed by atoms with Crippen molar-refractivity contribution in [3.8, 4) is 0 Å². The van der Waals surface area contributed by atoms with Crippen LogP contribution in [0.1, 0.15) is 22.7 Å². The maximum atomic E-state index is 13.6. The molecule has 1 fully saturated rings. The van der Waals surface area contributed by atoms with Crippen LogP contribution in [0.25, 0.3) is 5.57 Å². The van der Waals surface area contributed by atoms with E-state index in [-0.39, 0.29) is 11.6 Å². The summed E-state index contributed by atoms with van der Waals surface area (Å²) in [7, 11) is 0. The molecule has 4 rings (SSSR count). The summed E-state index contributed by atoms with van der Waals surface area (Å²) in [6.45, 7) is 0.933. The van der Waals surface area contributed by atoms with Crippen molar-refractivity contribution >= 4 is 34.7 Å². The highest BCUT2D eigenvalue weighted by Gasteiger charge is 2.33. The van der Waals surface area contributed by atoms with E-state index in [0.29, 0.717) is 28.7 Å². The molecule has 1 aliphatic rings. The Hall–Kier alpha value is -2.66. The van der Waals surface area contributed by atoms with E-state index in [9.17, 15) is 14.3 Å². The second kappa shape index (κ2) is 8.60. The zero-order chi connectivity index (χ0) is 21.3. The van der Waals surface area contributed by atoms with Gasteiger partial charge in [-0.2, -0.15) is 0 Å². The van der Waals surface area contributed by atoms with Crippen molar-refractivity contribution < 1.29 is 14.3 Å². The highest BCUT2D eigenvalue weighted by Crippen LogP contribution is 2.37. The van der Waals surface area contributed by atoms with Gasteiger partial charge in [0.15, 0.2) is 0 Å². The van der Waals surface area contributed by atoms with Gasteiger partial charge >= 0.3 is 5.97 Å². The number of aliphatic carboxylic acids is 1. The predicted octanol–water partition coefficient (Wildman–Crippen LogP) is 6.08. The van der Waals surface area contributed by atoms with E-state index >= 15 is 0 Å². The Morgan fingerprint density at radius 2 is 1.43 bits per heavy atom. The molecule has 1 N–H and O–H groups in total. The fraction of sp³-hybridized carbons (Fsp3) is 0.125. The molecule has 0 aromatic heterocycles. The normalized spacial score (nSPS) is 13.9. The molecular formula is C24H18Cl2FNO2. The van der Waals surface area contributed by atoms with Crippen LogP contribution in [0.4, 0.5) is 4.39 Å². The van der Waals surface area contributed by atoms with Gasteiger partial charge in [0, 0.05) is 23.1 Å². The Morgan fingerprint density at radius 3 is 1.90 bits per heavy atom. The third kappa shape index (κ3) is 4.26. The Labute approximate surface area is 184 Å². The Morgan fingerprint density at radius 1 is 0.900 bits per heavy atom. The fourth-order valence-electron chi connectivity index (χ4n) is 3.81. The molecule has 0 bridgehead atoms. The van der Waals surface area contributed by atoms with Gasteiger partial charge in [-0.05, 0) is 58.7 Å². The van der Waals surface area contributed by atoms with E-state index < -0.39 is 11.8 Å². The van der Waals surface area contributed by atoms with Gasteiger partial charge in [-0.15, -0.1) is 0 Å². The summed E-state index contributed by atoms with van der Waals surface area (Å²) in [5.74, 6) is -1.51. The number of carbonyl (C=O) groups is 1. The number of hydrogen-bond donors (Lipinski definition) is 1. The largest absolute Gasteiger partial charge is 0.478 e. The van der Waals surface area contributed by atoms with E-state index in [2.05, 4.69) is 4.90 Å². The van der Waals surface area contributed by atoms with Crippen molar-refractivity contribution in [2.45, 2.75) is 6.04 Å². The van der Waals surface area contributed by atoms with Crippen molar-refractivity contribution in [2.75, 3.05) is 13.1 Å². The number of carboxylic acid groups (broad SMARTS) is 1. The summed E-state index contributed by atoms with van der Waals surface area (Å²) in [6.07, 6.45) is 0. The molecule has 0 saturated carbocycles.